The summed E-state index contributed by atoms with van der Waals surface area (Å²) in [5.74, 6) is 0.891. The molecule has 3 aromatic rings. The van der Waals surface area contributed by atoms with Gasteiger partial charge in [0.15, 0.2) is 5.16 Å². The van der Waals surface area contributed by atoms with Crippen LogP contribution < -0.4 is 10.9 Å². The summed E-state index contributed by atoms with van der Waals surface area (Å²) in [6.45, 7) is 2.32. The SMILES string of the molecule is Cc1ccnc(-n2c(SCCCN3C(=O)CNC3=O)nc3ccccc3c2=O)c1. The summed E-state index contributed by atoms with van der Waals surface area (Å²) in [4.78, 5) is 46.7. The molecule has 1 aromatic carbocycles. The molecule has 148 valence electrons. The molecule has 0 radical (unpaired) electrons. The smallest absolute Gasteiger partial charge is 0.324 e. The van der Waals surface area contributed by atoms with Gasteiger partial charge in [-0.05, 0) is 43.2 Å². The van der Waals surface area contributed by atoms with Crippen LogP contribution in [0.4, 0.5) is 4.79 Å². The van der Waals surface area contributed by atoms with E-state index in [1.165, 1.54) is 21.2 Å². The summed E-state index contributed by atoms with van der Waals surface area (Å²) in [7, 11) is 0. The van der Waals surface area contributed by atoms with Crippen molar-refractivity contribution in [3.05, 3.63) is 58.5 Å². The molecule has 1 N–H and O–H groups in total. The molecule has 1 fully saturated rings. The number of benzene rings is 1. The van der Waals surface area contributed by atoms with E-state index in [-0.39, 0.29) is 24.0 Å². The average Bonchev–Trinajstić information content (AvgIpc) is 3.03. The minimum absolute atomic E-state index is 0.0524. The Labute approximate surface area is 171 Å². The first-order valence-electron chi connectivity index (χ1n) is 9.20. The summed E-state index contributed by atoms with van der Waals surface area (Å²) in [6, 6.07) is 10.6. The molecule has 2 aromatic heterocycles. The first-order valence-corrected chi connectivity index (χ1v) is 10.2. The molecule has 0 atom stereocenters. The van der Waals surface area contributed by atoms with Crippen LogP contribution in [0.5, 0.6) is 0 Å². The van der Waals surface area contributed by atoms with Gasteiger partial charge in [0.25, 0.3) is 5.56 Å². The molecule has 8 nitrogen and oxygen atoms in total. The first-order chi connectivity index (χ1) is 14.0. The Balaban J connectivity index is 1.62. The Kier molecular flexibility index (Phi) is 5.30. The number of nitrogens with zero attached hydrogens (tertiary/aromatic N) is 4. The van der Waals surface area contributed by atoms with Crippen molar-refractivity contribution >= 4 is 34.6 Å². The van der Waals surface area contributed by atoms with Crippen molar-refractivity contribution in [2.45, 2.75) is 18.5 Å². The monoisotopic (exact) mass is 409 g/mol. The van der Waals surface area contributed by atoms with Crippen molar-refractivity contribution in [1.29, 1.82) is 0 Å². The van der Waals surface area contributed by atoms with Crippen molar-refractivity contribution in [2.24, 2.45) is 0 Å². The maximum Gasteiger partial charge on any atom is 0.324 e. The average molecular weight is 409 g/mol. The van der Waals surface area contributed by atoms with E-state index in [9.17, 15) is 14.4 Å². The van der Waals surface area contributed by atoms with E-state index in [2.05, 4.69) is 15.3 Å². The van der Waals surface area contributed by atoms with E-state index in [1.54, 1.807) is 12.3 Å². The summed E-state index contributed by atoms with van der Waals surface area (Å²) >= 11 is 1.40. The lowest BCUT2D eigenvalue weighted by atomic mass is 10.2. The summed E-state index contributed by atoms with van der Waals surface area (Å²) in [5, 5.41) is 3.56. The molecular weight excluding hydrogens is 390 g/mol. The summed E-state index contributed by atoms with van der Waals surface area (Å²) in [6.07, 6.45) is 2.26. The van der Waals surface area contributed by atoms with Gasteiger partial charge in [0.05, 0.1) is 17.4 Å². The van der Waals surface area contributed by atoms with Gasteiger partial charge in [0.1, 0.15) is 5.82 Å². The van der Waals surface area contributed by atoms with Crippen molar-refractivity contribution in [3.8, 4) is 5.82 Å². The van der Waals surface area contributed by atoms with E-state index >= 15 is 0 Å². The van der Waals surface area contributed by atoms with Gasteiger partial charge in [-0.3, -0.25) is 14.5 Å². The van der Waals surface area contributed by atoms with Crippen molar-refractivity contribution in [3.63, 3.8) is 0 Å². The number of thioether (sulfide) groups is 1. The van der Waals surface area contributed by atoms with E-state index < -0.39 is 0 Å². The van der Waals surface area contributed by atoms with Gasteiger partial charge in [-0.2, -0.15) is 0 Å². The van der Waals surface area contributed by atoms with E-state index in [1.807, 2.05) is 37.3 Å². The van der Waals surface area contributed by atoms with Crippen LogP contribution in [-0.2, 0) is 4.79 Å². The van der Waals surface area contributed by atoms with Crippen LogP contribution in [0.2, 0.25) is 0 Å². The fraction of sp³-hybridized carbons (Fsp3) is 0.250. The predicted octanol–water partition coefficient (Wildman–Crippen LogP) is 2.12. The molecule has 1 aliphatic heterocycles. The zero-order chi connectivity index (χ0) is 20.4. The molecule has 0 bridgehead atoms. The number of imide groups is 1. The number of pyridine rings is 1. The van der Waals surface area contributed by atoms with Gasteiger partial charge >= 0.3 is 6.03 Å². The second kappa shape index (κ2) is 8.04. The highest BCUT2D eigenvalue weighted by Gasteiger charge is 2.27. The Morgan fingerprint density at radius 1 is 1.17 bits per heavy atom. The van der Waals surface area contributed by atoms with E-state index in [4.69, 9.17) is 0 Å². The third kappa shape index (κ3) is 3.86. The Morgan fingerprint density at radius 3 is 2.76 bits per heavy atom. The van der Waals surface area contributed by atoms with Crippen LogP contribution in [0.15, 0.2) is 52.5 Å². The van der Waals surface area contributed by atoms with Gasteiger partial charge in [-0.1, -0.05) is 23.9 Å². The highest BCUT2D eigenvalue weighted by atomic mass is 32.2. The number of hydrogen-bond donors (Lipinski definition) is 1. The Hall–Kier alpha value is -3.20. The number of nitrogens with one attached hydrogen (secondary N) is 1. The highest BCUT2D eigenvalue weighted by molar-refractivity contribution is 7.99. The maximum absolute atomic E-state index is 13.2. The predicted molar refractivity (Wildman–Crippen MR) is 110 cm³/mol. The number of carbonyl (C=O) groups excluding carboxylic acids is 2. The largest absolute Gasteiger partial charge is 0.329 e. The number of urea groups is 1. The van der Waals surface area contributed by atoms with Crippen molar-refractivity contribution < 1.29 is 9.59 Å². The molecule has 1 saturated heterocycles. The molecule has 1 aliphatic rings. The van der Waals surface area contributed by atoms with Crippen LogP contribution in [0.3, 0.4) is 0 Å². The van der Waals surface area contributed by atoms with Gasteiger partial charge in [0, 0.05) is 18.5 Å². The van der Waals surface area contributed by atoms with Gasteiger partial charge in [-0.15, -0.1) is 0 Å². The lowest BCUT2D eigenvalue weighted by Gasteiger charge is -2.14. The normalized spacial score (nSPS) is 13.9. The van der Waals surface area contributed by atoms with Crippen LogP contribution in [0.25, 0.3) is 16.7 Å². The third-order valence-electron chi connectivity index (χ3n) is 4.57. The van der Waals surface area contributed by atoms with Crippen LogP contribution in [0, 0.1) is 6.92 Å². The number of aromatic nitrogens is 3. The lowest BCUT2D eigenvalue weighted by molar-refractivity contribution is -0.124. The van der Waals surface area contributed by atoms with Crippen LogP contribution >= 0.6 is 11.8 Å². The zero-order valence-corrected chi connectivity index (χ0v) is 16.6. The van der Waals surface area contributed by atoms with Gasteiger partial charge < -0.3 is 5.32 Å². The van der Waals surface area contributed by atoms with E-state index in [0.717, 1.165) is 5.56 Å². The number of aryl methyl sites for hydroxylation is 1. The molecule has 3 heterocycles. The van der Waals surface area contributed by atoms with Crippen LogP contribution in [0.1, 0.15) is 12.0 Å². The topological polar surface area (TPSA) is 97.2 Å². The number of rotatable bonds is 6. The molecule has 29 heavy (non-hydrogen) atoms. The Bertz CT molecular complexity index is 1140. The second-order valence-electron chi connectivity index (χ2n) is 6.65. The van der Waals surface area contributed by atoms with Crippen molar-refractivity contribution in [1.82, 2.24) is 24.8 Å². The number of amides is 3. The summed E-state index contributed by atoms with van der Waals surface area (Å²) in [5.41, 5.74) is 1.44. The third-order valence-corrected chi connectivity index (χ3v) is 5.59. The Morgan fingerprint density at radius 2 is 2.00 bits per heavy atom. The summed E-state index contributed by atoms with van der Waals surface area (Å²) < 4.78 is 1.52. The minimum atomic E-state index is -0.357. The fourth-order valence-electron chi connectivity index (χ4n) is 3.12. The molecule has 0 aliphatic carbocycles. The molecule has 4 rings (SSSR count). The highest BCUT2D eigenvalue weighted by Crippen LogP contribution is 2.21. The van der Waals surface area contributed by atoms with Gasteiger partial charge in [0.2, 0.25) is 5.91 Å². The molecule has 0 unspecified atom stereocenters. The zero-order valence-electron chi connectivity index (χ0n) is 15.8. The number of fused-ring (bicyclic) bond motifs is 1. The quantitative estimate of drug-likeness (QED) is 0.290. The molecule has 3 amide bonds. The standard InChI is InChI=1S/C20H19N5O3S/c1-13-7-8-21-16(11-13)25-18(27)14-5-2-3-6-15(14)23-20(25)29-10-4-9-24-17(26)12-22-19(24)28/h2-3,5-8,11H,4,9-10,12H2,1H3,(H,22,28). The van der Waals surface area contributed by atoms with Crippen molar-refractivity contribution in [2.75, 3.05) is 18.8 Å². The first kappa shape index (κ1) is 19.1. The second-order valence-corrected chi connectivity index (χ2v) is 7.71. The van der Waals surface area contributed by atoms with Crippen LogP contribution in [-0.4, -0.2) is 50.2 Å². The molecule has 0 spiro atoms. The molecular formula is C20H19N5O3S. The lowest BCUT2D eigenvalue weighted by Crippen LogP contribution is -2.32. The van der Waals surface area contributed by atoms with E-state index in [0.29, 0.717) is 40.6 Å². The minimum Gasteiger partial charge on any atom is -0.329 e. The fourth-order valence-corrected chi connectivity index (χ4v) is 4.05. The molecule has 0 saturated carbocycles. The van der Waals surface area contributed by atoms with Gasteiger partial charge in [-0.25, -0.2) is 19.3 Å². The number of para-hydroxylation sites is 1. The maximum atomic E-state index is 13.2. The number of hydrogen-bond acceptors (Lipinski definition) is 6. The number of carbonyl (C=O) groups is 2. The molecule has 9 heteroatoms.